The lowest BCUT2D eigenvalue weighted by molar-refractivity contribution is -0.268. The first-order valence-electron chi connectivity index (χ1n) is 8.44. The zero-order valence-corrected chi connectivity index (χ0v) is 18.2. The van der Waals surface area contributed by atoms with Gasteiger partial charge < -0.3 is 0 Å². The molecule has 0 aliphatic heterocycles. The Kier molecular flexibility index (Phi) is 11.8. The van der Waals surface area contributed by atoms with Gasteiger partial charge in [0.25, 0.3) is 0 Å². The number of hydrogen-bond donors (Lipinski definition) is 1. The van der Waals surface area contributed by atoms with E-state index in [0.29, 0.717) is 6.61 Å². The van der Waals surface area contributed by atoms with Crippen molar-refractivity contribution < 1.29 is 29.5 Å². The number of carbonyl (C=O) groups excluding carboxylic acids is 2. The maximum absolute atomic E-state index is 11.2. The van der Waals surface area contributed by atoms with E-state index in [9.17, 15) is 9.59 Å². The zero-order valence-electron chi connectivity index (χ0n) is 13.9. The van der Waals surface area contributed by atoms with E-state index in [-0.39, 0.29) is 13.8 Å². The predicted molar refractivity (Wildman–Crippen MR) is 106 cm³/mol. The molecule has 0 bridgehead atoms. The molecule has 140 valence electrons. The third-order valence-electron chi connectivity index (χ3n) is 3.91. The highest BCUT2D eigenvalue weighted by atomic mass is 127. The van der Waals surface area contributed by atoms with Crippen molar-refractivity contribution in [1.29, 1.82) is 0 Å². The Morgan fingerprint density at radius 2 is 1.46 bits per heavy atom. The first kappa shape index (κ1) is 22.4. The normalized spacial score (nSPS) is 18.8. The standard InChI is InChI=1S/C9H15IO3.C7H11IO3/c1-2-12-13-9(11)8(10)6-5-7-3-4-7;8-6(7(9)11-10)4-3-5-1-2-5/h7-8H,2-6H2,1H3;5-6,10H,1-4H2. The fourth-order valence-corrected chi connectivity index (χ4v) is 2.98. The Balaban J connectivity index is 0.000000243. The summed E-state index contributed by atoms with van der Waals surface area (Å²) in [5, 5.41) is 8.03. The molecule has 6 nitrogen and oxygen atoms in total. The second kappa shape index (κ2) is 12.6. The van der Waals surface area contributed by atoms with Gasteiger partial charge in [-0.1, -0.05) is 70.9 Å². The Morgan fingerprint density at radius 1 is 1.00 bits per heavy atom. The lowest BCUT2D eigenvalue weighted by Gasteiger charge is -2.07. The summed E-state index contributed by atoms with van der Waals surface area (Å²) >= 11 is 4.11. The summed E-state index contributed by atoms with van der Waals surface area (Å²) in [4.78, 5) is 34.6. The van der Waals surface area contributed by atoms with Crippen LogP contribution in [0.25, 0.3) is 0 Å². The van der Waals surface area contributed by atoms with Gasteiger partial charge in [-0.2, -0.15) is 10.1 Å². The number of halogens is 2. The summed E-state index contributed by atoms with van der Waals surface area (Å²) in [5.74, 6) is 0.935. The van der Waals surface area contributed by atoms with E-state index in [1.807, 2.05) is 22.6 Å². The molecule has 0 radical (unpaired) electrons. The number of hydrogen-bond acceptors (Lipinski definition) is 6. The summed E-state index contributed by atoms with van der Waals surface area (Å²) in [6.45, 7) is 2.21. The van der Waals surface area contributed by atoms with E-state index in [1.165, 1.54) is 25.7 Å². The molecule has 0 aromatic rings. The van der Waals surface area contributed by atoms with Gasteiger partial charge in [-0.25, -0.2) is 9.59 Å². The van der Waals surface area contributed by atoms with Crippen LogP contribution in [0.1, 0.15) is 58.3 Å². The third-order valence-corrected chi connectivity index (χ3v) is 6.17. The molecular weight excluding hydrogens is 542 g/mol. The molecule has 0 saturated heterocycles. The highest BCUT2D eigenvalue weighted by molar-refractivity contribution is 14.1. The predicted octanol–water partition coefficient (Wildman–Crippen LogP) is 4.47. The van der Waals surface area contributed by atoms with Crippen LogP contribution in [0, 0.1) is 11.8 Å². The Morgan fingerprint density at radius 3 is 1.83 bits per heavy atom. The molecular formula is C16H26I2O6. The van der Waals surface area contributed by atoms with Crippen LogP contribution in [0.4, 0.5) is 0 Å². The van der Waals surface area contributed by atoms with Gasteiger partial charge in [0.15, 0.2) is 0 Å². The largest absolute Gasteiger partial charge is 0.355 e. The van der Waals surface area contributed by atoms with Crippen LogP contribution in [-0.2, 0) is 24.3 Å². The molecule has 8 heteroatoms. The van der Waals surface area contributed by atoms with E-state index in [0.717, 1.165) is 37.5 Å². The average Bonchev–Trinajstić information content (AvgIpc) is 3.49. The summed E-state index contributed by atoms with van der Waals surface area (Å²) in [7, 11) is 0. The molecule has 0 aromatic carbocycles. The first-order chi connectivity index (χ1) is 11.5. The molecule has 2 aliphatic carbocycles. The van der Waals surface area contributed by atoms with E-state index in [2.05, 4.69) is 37.3 Å². The van der Waals surface area contributed by atoms with Crippen LogP contribution < -0.4 is 0 Å². The van der Waals surface area contributed by atoms with Crippen LogP contribution in [0.2, 0.25) is 0 Å². The van der Waals surface area contributed by atoms with Gasteiger partial charge in [-0.05, 0) is 44.4 Å². The van der Waals surface area contributed by atoms with Gasteiger partial charge in [-0.3, -0.25) is 9.78 Å². The number of rotatable bonds is 10. The van der Waals surface area contributed by atoms with Gasteiger partial charge >= 0.3 is 11.9 Å². The fraction of sp³-hybridized carbons (Fsp3) is 0.875. The van der Waals surface area contributed by atoms with Gasteiger partial charge in [0.2, 0.25) is 0 Å². The molecule has 2 unspecified atom stereocenters. The molecule has 2 atom stereocenters. The van der Waals surface area contributed by atoms with E-state index >= 15 is 0 Å². The van der Waals surface area contributed by atoms with Crippen molar-refractivity contribution in [1.82, 2.24) is 0 Å². The van der Waals surface area contributed by atoms with E-state index < -0.39 is 5.97 Å². The first-order valence-corrected chi connectivity index (χ1v) is 10.9. The molecule has 24 heavy (non-hydrogen) atoms. The lowest BCUT2D eigenvalue weighted by Crippen LogP contribution is -2.17. The van der Waals surface area contributed by atoms with Gasteiger partial charge in [0, 0.05) is 0 Å². The minimum absolute atomic E-state index is 0.0512. The van der Waals surface area contributed by atoms with Crippen molar-refractivity contribution in [2.24, 2.45) is 11.8 Å². The molecule has 2 saturated carbocycles. The van der Waals surface area contributed by atoms with Crippen molar-refractivity contribution in [3.8, 4) is 0 Å². The molecule has 2 rings (SSSR count). The van der Waals surface area contributed by atoms with Gasteiger partial charge in [0.05, 0.1) is 6.61 Å². The van der Waals surface area contributed by atoms with Crippen LogP contribution in [0.5, 0.6) is 0 Å². The Bertz CT molecular complexity index is 385. The monoisotopic (exact) mass is 568 g/mol. The summed E-state index contributed by atoms with van der Waals surface area (Å²) in [6.07, 6.45) is 9.25. The minimum Gasteiger partial charge on any atom is -0.300 e. The maximum Gasteiger partial charge on any atom is 0.355 e. The summed E-state index contributed by atoms with van der Waals surface area (Å²) < 4.78 is -0.233. The van der Waals surface area contributed by atoms with Crippen molar-refractivity contribution in [3.63, 3.8) is 0 Å². The highest BCUT2D eigenvalue weighted by Gasteiger charge is 2.25. The van der Waals surface area contributed by atoms with E-state index in [4.69, 9.17) is 5.26 Å². The molecule has 2 fully saturated rings. The number of alkyl halides is 2. The molecule has 0 aromatic heterocycles. The molecule has 1 N–H and O–H groups in total. The molecule has 0 heterocycles. The number of carbonyl (C=O) groups is 2. The topological polar surface area (TPSA) is 82.1 Å². The molecule has 0 spiro atoms. The maximum atomic E-state index is 11.2. The van der Waals surface area contributed by atoms with Gasteiger partial charge in [-0.15, -0.1) is 0 Å². The molecule has 0 amide bonds. The zero-order chi connectivity index (χ0) is 17.9. The van der Waals surface area contributed by atoms with Gasteiger partial charge in [0.1, 0.15) is 7.85 Å². The summed E-state index contributed by atoms with van der Waals surface area (Å²) in [6, 6.07) is 0. The smallest absolute Gasteiger partial charge is 0.300 e. The third kappa shape index (κ3) is 11.0. The quantitative estimate of drug-likeness (QED) is 0.181. The van der Waals surface area contributed by atoms with Crippen LogP contribution >= 0.6 is 45.2 Å². The molecule has 2 aliphatic rings. The second-order valence-electron chi connectivity index (χ2n) is 6.20. The van der Waals surface area contributed by atoms with Crippen molar-refractivity contribution in [2.45, 2.75) is 66.1 Å². The van der Waals surface area contributed by atoms with Crippen molar-refractivity contribution in [2.75, 3.05) is 6.61 Å². The van der Waals surface area contributed by atoms with Crippen LogP contribution in [0.15, 0.2) is 0 Å². The lowest BCUT2D eigenvalue weighted by atomic mass is 10.2. The average molecular weight is 568 g/mol. The van der Waals surface area contributed by atoms with Crippen LogP contribution in [0.3, 0.4) is 0 Å². The highest BCUT2D eigenvalue weighted by Crippen LogP contribution is 2.35. The second-order valence-corrected chi connectivity index (χ2v) is 9.20. The van der Waals surface area contributed by atoms with E-state index in [1.54, 1.807) is 6.92 Å². The fourth-order valence-electron chi connectivity index (χ4n) is 2.04. The van der Waals surface area contributed by atoms with Crippen molar-refractivity contribution in [3.05, 3.63) is 0 Å². The SMILES string of the molecule is CCOOC(=O)C(I)CCC1CC1.O=C(OO)C(I)CCC1CC1. The van der Waals surface area contributed by atoms with Crippen LogP contribution in [-0.4, -0.2) is 31.7 Å². The summed E-state index contributed by atoms with van der Waals surface area (Å²) in [5.41, 5.74) is 0. The van der Waals surface area contributed by atoms with Crippen molar-refractivity contribution >= 4 is 57.1 Å². The Hall–Kier alpha value is 0.320. The Labute approximate surface area is 170 Å². The minimum atomic E-state index is -0.522.